The zero-order chi connectivity index (χ0) is 24.8. The molecule has 1 aromatic carbocycles. The van der Waals surface area contributed by atoms with E-state index in [1.165, 1.54) is 0 Å². The number of amidine groups is 1. The number of aliphatic imine (C=N–C) groups is 2. The number of likely N-dealkylation sites (N-methyl/N-ethyl adjacent to an activating group) is 1. The molecule has 35 heavy (non-hydrogen) atoms. The zero-order valence-electron chi connectivity index (χ0n) is 19.8. The van der Waals surface area contributed by atoms with Crippen LogP contribution in [-0.2, 0) is 6.54 Å². The molecule has 3 heterocycles. The van der Waals surface area contributed by atoms with Gasteiger partial charge in [0.1, 0.15) is 5.69 Å². The van der Waals surface area contributed by atoms with Crippen LogP contribution in [0.25, 0.3) is 0 Å². The quantitative estimate of drug-likeness (QED) is 0.434. The topological polar surface area (TPSA) is 81.0 Å². The molecule has 1 saturated heterocycles. The number of halogens is 3. The Kier molecular flexibility index (Phi) is 8.11. The molecule has 1 fully saturated rings. The van der Waals surface area contributed by atoms with E-state index in [1.54, 1.807) is 12.4 Å². The molecule has 0 unspecified atom stereocenters. The van der Waals surface area contributed by atoms with E-state index in [1.807, 2.05) is 25.1 Å². The van der Waals surface area contributed by atoms with Gasteiger partial charge in [0.15, 0.2) is 5.84 Å². The molecule has 0 atom stereocenters. The molecule has 188 valence electrons. The van der Waals surface area contributed by atoms with Crippen LogP contribution in [-0.4, -0.2) is 78.6 Å². The molecule has 0 amide bonds. The van der Waals surface area contributed by atoms with E-state index in [0.717, 1.165) is 60.6 Å². The van der Waals surface area contributed by atoms with Gasteiger partial charge < -0.3 is 19.8 Å². The Bertz CT molecular complexity index is 1080. The average Bonchev–Trinajstić information content (AvgIpc) is 3.03. The van der Waals surface area contributed by atoms with Crippen LogP contribution in [0.15, 0.2) is 34.4 Å². The number of nitrogens with one attached hydrogen (secondary N) is 2. The van der Waals surface area contributed by atoms with Crippen molar-refractivity contribution in [1.29, 1.82) is 0 Å². The predicted molar refractivity (Wildman–Crippen MR) is 137 cm³/mol. The second kappa shape index (κ2) is 11.3. The van der Waals surface area contributed by atoms with Gasteiger partial charge in [-0.3, -0.25) is 4.99 Å². The molecule has 2 N–H and O–H groups in total. The van der Waals surface area contributed by atoms with E-state index in [0.29, 0.717) is 30.6 Å². The van der Waals surface area contributed by atoms with Gasteiger partial charge >= 0.3 is 6.18 Å². The van der Waals surface area contributed by atoms with Crippen LogP contribution in [0.2, 0.25) is 0 Å². The molecular formula is C23H29F3N8S. The van der Waals surface area contributed by atoms with Crippen LogP contribution in [0.1, 0.15) is 23.2 Å². The second-order valence-corrected chi connectivity index (χ2v) is 9.41. The van der Waals surface area contributed by atoms with E-state index in [9.17, 15) is 13.2 Å². The summed E-state index contributed by atoms with van der Waals surface area (Å²) in [4.78, 5) is 23.1. The molecule has 2 aliphatic heterocycles. The van der Waals surface area contributed by atoms with Gasteiger partial charge in [0.05, 0.1) is 31.4 Å². The first-order valence-corrected chi connectivity index (χ1v) is 12.4. The number of piperazine rings is 1. The fourth-order valence-corrected chi connectivity index (χ4v) is 4.39. The van der Waals surface area contributed by atoms with Crippen molar-refractivity contribution in [2.45, 2.75) is 26.1 Å². The van der Waals surface area contributed by atoms with E-state index >= 15 is 0 Å². The van der Waals surface area contributed by atoms with Gasteiger partial charge in [0.25, 0.3) is 0 Å². The lowest BCUT2D eigenvalue weighted by molar-refractivity contribution is -0.129. The molecule has 4 rings (SSSR count). The highest BCUT2D eigenvalue weighted by molar-refractivity contribution is 8.00. The first kappa shape index (κ1) is 25.2. The Labute approximate surface area is 207 Å². The maximum atomic E-state index is 12.4. The van der Waals surface area contributed by atoms with Gasteiger partial charge in [-0.2, -0.15) is 13.2 Å². The van der Waals surface area contributed by atoms with E-state index in [4.69, 9.17) is 9.98 Å². The van der Waals surface area contributed by atoms with Gasteiger partial charge in [-0.15, -0.1) is 0 Å². The number of hydrogen-bond acceptors (Lipinski definition) is 8. The highest BCUT2D eigenvalue weighted by Crippen LogP contribution is 2.25. The number of benzene rings is 1. The average molecular weight is 507 g/mol. The molecule has 0 radical (unpaired) electrons. The highest BCUT2D eigenvalue weighted by Gasteiger charge is 2.26. The third kappa shape index (κ3) is 7.07. The number of fused-ring (bicyclic) bond motifs is 1. The normalized spacial score (nSPS) is 17.7. The van der Waals surface area contributed by atoms with Crippen LogP contribution in [0.5, 0.6) is 0 Å². The molecule has 0 spiro atoms. The van der Waals surface area contributed by atoms with Gasteiger partial charge in [0, 0.05) is 43.8 Å². The summed E-state index contributed by atoms with van der Waals surface area (Å²) in [6.45, 7) is 6.53. The van der Waals surface area contributed by atoms with E-state index < -0.39 is 12.6 Å². The molecule has 0 saturated carbocycles. The third-order valence-electron chi connectivity index (χ3n) is 5.80. The Hall–Kier alpha value is -2.86. The Morgan fingerprint density at radius 3 is 2.77 bits per heavy atom. The number of anilines is 3. The number of aryl methyl sites for hydroxylation is 1. The van der Waals surface area contributed by atoms with Crippen LogP contribution >= 0.6 is 11.9 Å². The summed E-state index contributed by atoms with van der Waals surface area (Å²) in [7, 11) is 2.10. The minimum atomic E-state index is -4.15. The lowest BCUT2D eigenvalue weighted by atomic mass is 10.1. The lowest BCUT2D eigenvalue weighted by Gasteiger charge is -2.32. The summed E-state index contributed by atoms with van der Waals surface area (Å²) in [6.07, 6.45) is -1.44. The van der Waals surface area contributed by atoms with E-state index in [-0.39, 0.29) is 5.75 Å². The zero-order valence-corrected chi connectivity index (χ0v) is 20.6. The first-order valence-electron chi connectivity index (χ1n) is 11.4. The van der Waals surface area contributed by atoms with Crippen molar-refractivity contribution in [2.24, 2.45) is 9.98 Å². The molecule has 12 heteroatoms. The Balaban J connectivity index is 1.49. The standard InChI is InChI=1S/C23H29F3N8S/c1-16-3-4-18(32-35-12-5-23(24,25)26)13-17(16)14-29-21-20-19(27-6-7-28-21)15-30-22(31-20)34-10-8-33(2)9-11-34/h3-4,7,13,15,27,32H,5-6,8-12,14H2,1-2H3. The lowest BCUT2D eigenvalue weighted by Crippen LogP contribution is -2.45. The molecule has 0 aliphatic carbocycles. The fraction of sp³-hybridized carbons (Fsp3) is 0.478. The largest absolute Gasteiger partial charge is 0.389 e. The Morgan fingerprint density at radius 2 is 2.00 bits per heavy atom. The van der Waals surface area contributed by atoms with Crippen LogP contribution in [0.4, 0.5) is 30.5 Å². The number of rotatable bonds is 7. The SMILES string of the molecule is Cc1ccc(NSCCC(F)(F)F)cc1CN=C1N=CCNc2cnc(N3CCN(C)CC3)nc21. The minimum Gasteiger partial charge on any atom is -0.377 e. The van der Waals surface area contributed by atoms with E-state index in [2.05, 4.69) is 36.9 Å². The van der Waals surface area contributed by atoms with Crippen LogP contribution < -0.4 is 14.9 Å². The van der Waals surface area contributed by atoms with Gasteiger partial charge in [0.2, 0.25) is 5.95 Å². The summed E-state index contributed by atoms with van der Waals surface area (Å²) >= 11 is 1.04. The van der Waals surface area contributed by atoms with Crippen molar-refractivity contribution in [3.05, 3.63) is 41.2 Å². The van der Waals surface area contributed by atoms with Crippen molar-refractivity contribution in [3.63, 3.8) is 0 Å². The predicted octanol–water partition coefficient (Wildman–Crippen LogP) is 3.99. The fourth-order valence-electron chi connectivity index (χ4n) is 3.66. The monoisotopic (exact) mass is 506 g/mol. The van der Waals surface area contributed by atoms with Crippen molar-refractivity contribution in [1.82, 2.24) is 14.9 Å². The highest BCUT2D eigenvalue weighted by atomic mass is 32.2. The first-order chi connectivity index (χ1) is 16.8. The smallest absolute Gasteiger partial charge is 0.377 e. The Morgan fingerprint density at radius 1 is 1.20 bits per heavy atom. The molecule has 8 nitrogen and oxygen atoms in total. The molecule has 2 aliphatic rings. The summed E-state index contributed by atoms with van der Waals surface area (Å²) < 4.78 is 40.1. The molecule has 1 aromatic heterocycles. The maximum Gasteiger partial charge on any atom is 0.389 e. The maximum absolute atomic E-state index is 12.4. The molecule has 2 aromatic rings. The molecular weight excluding hydrogens is 477 g/mol. The number of aromatic nitrogens is 2. The van der Waals surface area contributed by atoms with Crippen LogP contribution in [0, 0.1) is 6.92 Å². The number of nitrogens with zero attached hydrogens (tertiary/aromatic N) is 6. The summed E-state index contributed by atoms with van der Waals surface area (Å²) in [6, 6.07) is 5.70. The van der Waals surface area contributed by atoms with Crippen molar-refractivity contribution < 1.29 is 13.2 Å². The third-order valence-corrected chi connectivity index (χ3v) is 6.59. The van der Waals surface area contributed by atoms with Gasteiger partial charge in [-0.05, 0) is 37.2 Å². The van der Waals surface area contributed by atoms with Crippen molar-refractivity contribution in [2.75, 3.05) is 60.5 Å². The van der Waals surface area contributed by atoms with Crippen molar-refractivity contribution >= 4 is 41.3 Å². The van der Waals surface area contributed by atoms with Gasteiger partial charge in [-0.25, -0.2) is 15.0 Å². The minimum absolute atomic E-state index is 0.0527. The summed E-state index contributed by atoms with van der Waals surface area (Å²) in [5.41, 5.74) is 4.19. The van der Waals surface area contributed by atoms with Gasteiger partial charge in [-0.1, -0.05) is 18.0 Å². The molecule has 0 bridgehead atoms. The number of hydrogen-bond donors (Lipinski definition) is 2. The van der Waals surface area contributed by atoms with Crippen LogP contribution in [0.3, 0.4) is 0 Å². The summed E-state index contributed by atoms with van der Waals surface area (Å²) in [5, 5.41) is 3.28. The summed E-state index contributed by atoms with van der Waals surface area (Å²) in [5.74, 6) is 1.14. The van der Waals surface area contributed by atoms with Crippen molar-refractivity contribution in [3.8, 4) is 0 Å². The number of alkyl halides is 3. The second-order valence-electron chi connectivity index (χ2n) is 8.51.